The zero-order valence-electron chi connectivity index (χ0n) is 9.98. The van der Waals surface area contributed by atoms with Gasteiger partial charge in [-0.2, -0.15) is 0 Å². The zero-order valence-corrected chi connectivity index (χ0v) is 10.7. The summed E-state index contributed by atoms with van der Waals surface area (Å²) in [6.07, 6.45) is 2.49. The minimum absolute atomic E-state index is 0.105. The van der Waals surface area contributed by atoms with Crippen molar-refractivity contribution < 1.29 is 4.79 Å². The van der Waals surface area contributed by atoms with Crippen molar-refractivity contribution in [2.24, 2.45) is 0 Å². The minimum atomic E-state index is -0.216. The molecule has 2 aromatic rings. The fraction of sp³-hybridized carbons (Fsp3) is 0.154. The SMILES string of the molecule is O=C(Nc1ccnc(Cl)n1)c1ccc2c(c1)NCC2. The second-order valence-electron chi connectivity index (χ2n) is 4.21. The second kappa shape index (κ2) is 4.85. The molecular weight excluding hydrogens is 264 g/mol. The van der Waals surface area contributed by atoms with Crippen molar-refractivity contribution >= 4 is 29.0 Å². The number of hydrogen-bond acceptors (Lipinski definition) is 4. The number of fused-ring (bicyclic) bond motifs is 1. The van der Waals surface area contributed by atoms with Crippen LogP contribution in [0.3, 0.4) is 0 Å². The number of carbonyl (C=O) groups is 1. The summed E-state index contributed by atoms with van der Waals surface area (Å²) < 4.78 is 0. The summed E-state index contributed by atoms with van der Waals surface area (Å²) in [7, 11) is 0. The summed E-state index contributed by atoms with van der Waals surface area (Å²) in [6, 6.07) is 7.22. The van der Waals surface area contributed by atoms with Crippen LogP contribution in [-0.2, 0) is 6.42 Å². The van der Waals surface area contributed by atoms with Gasteiger partial charge in [0.2, 0.25) is 5.28 Å². The highest BCUT2D eigenvalue weighted by Crippen LogP contribution is 2.23. The highest BCUT2D eigenvalue weighted by Gasteiger charge is 2.13. The van der Waals surface area contributed by atoms with E-state index in [1.807, 2.05) is 18.2 Å². The van der Waals surface area contributed by atoms with Gasteiger partial charge in [-0.15, -0.1) is 0 Å². The third-order valence-corrected chi connectivity index (χ3v) is 3.13. The van der Waals surface area contributed by atoms with Crippen LogP contribution >= 0.6 is 11.6 Å². The molecule has 96 valence electrons. The zero-order chi connectivity index (χ0) is 13.2. The molecule has 0 spiro atoms. The van der Waals surface area contributed by atoms with Crippen molar-refractivity contribution in [3.8, 4) is 0 Å². The molecule has 19 heavy (non-hydrogen) atoms. The second-order valence-corrected chi connectivity index (χ2v) is 4.55. The monoisotopic (exact) mass is 274 g/mol. The lowest BCUT2D eigenvalue weighted by molar-refractivity contribution is 0.102. The van der Waals surface area contributed by atoms with Crippen molar-refractivity contribution in [1.82, 2.24) is 9.97 Å². The predicted octanol–water partition coefficient (Wildman–Crippen LogP) is 2.35. The Hall–Kier alpha value is -2.14. The summed E-state index contributed by atoms with van der Waals surface area (Å²) in [4.78, 5) is 19.8. The van der Waals surface area contributed by atoms with Crippen LogP contribution < -0.4 is 10.6 Å². The van der Waals surface area contributed by atoms with Gasteiger partial charge in [0.1, 0.15) is 5.82 Å². The Balaban J connectivity index is 1.81. The molecular formula is C13H11ClN4O. The number of hydrogen-bond donors (Lipinski definition) is 2. The van der Waals surface area contributed by atoms with Gasteiger partial charge in [-0.3, -0.25) is 4.79 Å². The van der Waals surface area contributed by atoms with Crippen LogP contribution in [0.5, 0.6) is 0 Å². The van der Waals surface area contributed by atoms with Crippen LogP contribution in [0.15, 0.2) is 30.5 Å². The van der Waals surface area contributed by atoms with E-state index in [1.54, 1.807) is 6.07 Å². The number of benzene rings is 1. The molecule has 0 bridgehead atoms. The first-order chi connectivity index (χ1) is 9.22. The molecule has 0 radical (unpaired) electrons. The first-order valence-electron chi connectivity index (χ1n) is 5.89. The van der Waals surface area contributed by atoms with E-state index in [1.165, 1.54) is 11.8 Å². The van der Waals surface area contributed by atoms with E-state index in [0.29, 0.717) is 11.4 Å². The summed E-state index contributed by atoms with van der Waals surface area (Å²) in [6.45, 7) is 0.919. The number of aromatic nitrogens is 2. The Morgan fingerprint density at radius 2 is 2.26 bits per heavy atom. The van der Waals surface area contributed by atoms with E-state index < -0.39 is 0 Å². The van der Waals surface area contributed by atoms with Crippen molar-refractivity contribution in [3.63, 3.8) is 0 Å². The lowest BCUT2D eigenvalue weighted by Gasteiger charge is -2.06. The minimum Gasteiger partial charge on any atom is -0.384 e. The fourth-order valence-corrected chi connectivity index (χ4v) is 2.17. The van der Waals surface area contributed by atoms with Gasteiger partial charge in [-0.05, 0) is 41.8 Å². The summed E-state index contributed by atoms with van der Waals surface area (Å²) >= 11 is 5.67. The standard InChI is InChI=1S/C13H11ClN4O/c14-13-16-6-4-11(18-13)17-12(19)9-2-1-8-3-5-15-10(8)7-9/h1-2,4,6-7,15H,3,5H2,(H,16,17,18,19). The van der Waals surface area contributed by atoms with Gasteiger partial charge in [-0.25, -0.2) is 9.97 Å². The molecule has 5 nitrogen and oxygen atoms in total. The molecule has 2 N–H and O–H groups in total. The molecule has 1 aliphatic rings. The van der Waals surface area contributed by atoms with E-state index in [-0.39, 0.29) is 11.2 Å². The van der Waals surface area contributed by atoms with Crippen molar-refractivity contribution in [2.45, 2.75) is 6.42 Å². The molecule has 2 heterocycles. The van der Waals surface area contributed by atoms with Gasteiger partial charge >= 0.3 is 0 Å². The summed E-state index contributed by atoms with van der Waals surface area (Å²) in [5.41, 5.74) is 2.85. The molecule has 0 aliphatic carbocycles. The average molecular weight is 275 g/mol. The molecule has 1 amide bonds. The van der Waals surface area contributed by atoms with Gasteiger partial charge < -0.3 is 10.6 Å². The number of carbonyl (C=O) groups excluding carboxylic acids is 1. The Morgan fingerprint density at radius 1 is 1.37 bits per heavy atom. The molecule has 0 saturated heterocycles. The van der Waals surface area contributed by atoms with Crippen LogP contribution in [0, 0.1) is 0 Å². The predicted molar refractivity (Wildman–Crippen MR) is 73.6 cm³/mol. The quantitative estimate of drug-likeness (QED) is 0.825. The Bertz CT molecular complexity index is 644. The number of rotatable bonds is 2. The number of amides is 1. The Morgan fingerprint density at radius 3 is 3.11 bits per heavy atom. The third kappa shape index (κ3) is 2.51. The number of nitrogens with one attached hydrogen (secondary N) is 2. The molecule has 3 rings (SSSR count). The molecule has 1 aromatic carbocycles. The first kappa shape index (κ1) is 11.9. The van der Waals surface area contributed by atoms with Crippen LogP contribution in [0.2, 0.25) is 5.28 Å². The van der Waals surface area contributed by atoms with Crippen molar-refractivity contribution in [1.29, 1.82) is 0 Å². The highest BCUT2D eigenvalue weighted by molar-refractivity contribution is 6.28. The van der Waals surface area contributed by atoms with Crippen molar-refractivity contribution in [2.75, 3.05) is 17.2 Å². The summed E-state index contributed by atoms with van der Waals surface area (Å²) in [5, 5.41) is 6.03. The molecule has 0 atom stereocenters. The van der Waals surface area contributed by atoms with E-state index in [9.17, 15) is 4.79 Å². The van der Waals surface area contributed by atoms with Gasteiger partial charge in [-0.1, -0.05) is 6.07 Å². The van der Waals surface area contributed by atoms with E-state index in [0.717, 1.165) is 18.7 Å². The maximum Gasteiger partial charge on any atom is 0.256 e. The lowest BCUT2D eigenvalue weighted by atomic mass is 10.1. The van der Waals surface area contributed by atoms with Crippen molar-refractivity contribution in [3.05, 3.63) is 46.9 Å². The lowest BCUT2D eigenvalue weighted by Crippen LogP contribution is -2.13. The van der Waals surface area contributed by atoms with Gasteiger partial charge in [0.05, 0.1) is 0 Å². The molecule has 1 aliphatic heterocycles. The van der Waals surface area contributed by atoms with E-state index in [4.69, 9.17) is 11.6 Å². The van der Waals surface area contributed by atoms with Crippen LogP contribution in [-0.4, -0.2) is 22.4 Å². The maximum absolute atomic E-state index is 12.1. The molecule has 1 aromatic heterocycles. The van der Waals surface area contributed by atoms with Gasteiger partial charge in [0, 0.05) is 24.0 Å². The van der Waals surface area contributed by atoms with Crippen LogP contribution in [0.25, 0.3) is 0 Å². The summed E-state index contributed by atoms with van der Waals surface area (Å²) in [5.74, 6) is 0.171. The molecule has 0 fully saturated rings. The van der Waals surface area contributed by atoms with E-state index in [2.05, 4.69) is 20.6 Å². The Labute approximate surface area is 115 Å². The maximum atomic E-state index is 12.1. The number of anilines is 2. The van der Waals surface area contributed by atoms with Crippen LogP contribution in [0.4, 0.5) is 11.5 Å². The van der Waals surface area contributed by atoms with Gasteiger partial charge in [0.15, 0.2) is 0 Å². The largest absolute Gasteiger partial charge is 0.384 e. The molecule has 0 saturated carbocycles. The smallest absolute Gasteiger partial charge is 0.256 e. The van der Waals surface area contributed by atoms with Crippen LogP contribution in [0.1, 0.15) is 15.9 Å². The third-order valence-electron chi connectivity index (χ3n) is 2.95. The normalized spacial score (nSPS) is 12.7. The Kier molecular flexibility index (Phi) is 3.05. The first-order valence-corrected chi connectivity index (χ1v) is 6.27. The molecule has 0 unspecified atom stereocenters. The average Bonchev–Trinajstić information content (AvgIpc) is 2.85. The fourth-order valence-electron chi connectivity index (χ4n) is 2.03. The topological polar surface area (TPSA) is 66.9 Å². The molecule has 6 heteroatoms. The van der Waals surface area contributed by atoms with E-state index >= 15 is 0 Å². The number of halogens is 1. The number of nitrogens with zero attached hydrogens (tertiary/aromatic N) is 2. The van der Waals surface area contributed by atoms with Gasteiger partial charge in [0.25, 0.3) is 5.91 Å². The highest BCUT2D eigenvalue weighted by atomic mass is 35.5.